The van der Waals surface area contributed by atoms with Gasteiger partial charge in [0.05, 0.1) is 6.42 Å². The molecular weight excluding hydrogens is 205 g/mol. The number of alkyl halides is 3. The van der Waals surface area contributed by atoms with E-state index in [1.165, 1.54) is 0 Å². The molecule has 0 aliphatic heterocycles. The molecule has 2 nitrogen and oxygen atoms in total. The number of nitrogens with zero attached hydrogens (tertiary/aromatic N) is 1. The Balaban J connectivity index is 3.58. The molecule has 0 heterocycles. The van der Waals surface area contributed by atoms with Crippen molar-refractivity contribution < 1.29 is 13.2 Å². The third-order valence-corrected chi connectivity index (χ3v) is 2.35. The van der Waals surface area contributed by atoms with E-state index in [1.54, 1.807) is 6.92 Å². The summed E-state index contributed by atoms with van der Waals surface area (Å²) in [6.45, 7) is 8.94. The van der Waals surface area contributed by atoms with E-state index in [2.05, 4.69) is 10.2 Å². The maximum Gasteiger partial charge on any atom is 0.390 e. The second-order valence-corrected chi connectivity index (χ2v) is 3.70. The molecule has 15 heavy (non-hydrogen) atoms. The summed E-state index contributed by atoms with van der Waals surface area (Å²) in [4.78, 5) is 2.17. The van der Waals surface area contributed by atoms with Crippen molar-refractivity contribution in [1.82, 2.24) is 10.2 Å². The van der Waals surface area contributed by atoms with Crippen molar-refractivity contribution in [3.8, 4) is 0 Å². The van der Waals surface area contributed by atoms with Crippen molar-refractivity contribution in [2.75, 3.05) is 26.2 Å². The zero-order valence-corrected chi connectivity index (χ0v) is 9.69. The molecule has 5 heteroatoms. The summed E-state index contributed by atoms with van der Waals surface area (Å²) in [5.41, 5.74) is 0. The van der Waals surface area contributed by atoms with Gasteiger partial charge in [0, 0.05) is 19.1 Å². The minimum Gasteiger partial charge on any atom is -0.313 e. The number of halogens is 3. The van der Waals surface area contributed by atoms with Gasteiger partial charge < -0.3 is 10.2 Å². The largest absolute Gasteiger partial charge is 0.390 e. The number of hydrogen-bond acceptors (Lipinski definition) is 2. The van der Waals surface area contributed by atoms with E-state index in [0.717, 1.165) is 19.6 Å². The fourth-order valence-corrected chi connectivity index (χ4v) is 1.43. The lowest BCUT2D eigenvalue weighted by molar-refractivity contribution is -0.139. The van der Waals surface area contributed by atoms with Crippen LogP contribution in [0, 0.1) is 0 Å². The van der Waals surface area contributed by atoms with Crippen LogP contribution in [0.15, 0.2) is 0 Å². The molecule has 1 atom stereocenters. The van der Waals surface area contributed by atoms with Crippen LogP contribution in [0.4, 0.5) is 13.2 Å². The van der Waals surface area contributed by atoms with Crippen LogP contribution in [0.1, 0.15) is 27.2 Å². The summed E-state index contributed by atoms with van der Waals surface area (Å²) in [7, 11) is 0. The van der Waals surface area contributed by atoms with Crippen LogP contribution in [0.3, 0.4) is 0 Å². The number of hydrogen-bond donors (Lipinski definition) is 1. The average molecular weight is 226 g/mol. The second-order valence-electron chi connectivity index (χ2n) is 3.70. The maximum absolute atomic E-state index is 12.0. The molecule has 0 amide bonds. The molecule has 0 fully saturated rings. The summed E-state index contributed by atoms with van der Waals surface area (Å²) in [5.74, 6) is 0. The van der Waals surface area contributed by atoms with Gasteiger partial charge in [0.15, 0.2) is 0 Å². The van der Waals surface area contributed by atoms with E-state index in [-0.39, 0.29) is 0 Å². The highest BCUT2D eigenvalue weighted by molar-refractivity contribution is 4.66. The van der Waals surface area contributed by atoms with Gasteiger partial charge in [-0.3, -0.25) is 0 Å². The molecule has 0 rings (SSSR count). The summed E-state index contributed by atoms with van der Waals surface area (Å²) in [5, 5.41) is 2.88. The van der Waals surface area contributed by atoms with Crippen molar-refractivity contribution in [2.45, 2.75) is 39.4 Å². The van der Waals surface area contributed by atoms with Crippen LogP contribution in [-0.2, 0) is 0 Å². The first-order chi connectivity index (χ1) is 6.89. The second kappa shape index (κ2) is 7.06. The normalized spacial score (nSPS) is 14.6. The lowest BCUT2D eigenvalue weighted by atomic mass is 10.2. The standard InChI is InChI=1S/C10H21F3N2/c1-4-15(5-2)7-6-14-9(3)8-10(11,12)13/h9,14H,4-8H2,1-3H3. The Morgan fingerprint density at radius 2 is 1.73 bits per heavy atom. The Morgan fingerprint density at radius 1 is 1.20 bits per heavy atom. The molecule has 0 saturated heterocycles. The minimum atomic E-state index is -4.07. The fraction of sp³-hybridized carbons (Fsp3) is 1.00. The molecule has 0 aliphatic carbocycles. The number of rotatable bonds is 7. The van der Waals surface area contributed by atoms with Gasteiger partial charge in [0.1, 0.15) is 0 Å². The fourth-order valence-electron chi connectivity index (χ4n) is 1.43. The SMILES string of the molecule is CCN(CC)CCNC(C)CC(F)(F)F. The molecule has 0 aromatic rings. The van der Waals surface area contributed by atoms with Gasteiger partial charge in [-0.25, -0.2) is 0 Å². The third-order valence-electron chi connectivity index (χ3n) is 2.35. The van der Waals surface area contributed by atoms with Crippen LogP contribution >= 0.6 is 0 Å². The molecule has 0 radical (unpaired) electrons. The molecule has 0 bridgehead atoms. The van der Waals surface area contributed by atoms with Gasteiger partial charge in [-0.2, -0.15) is 13.2 Å². The Hall–Kier alpha value is -0.290. The Bertz CT molecular complexity index is 155. The van der Waals surface area contributed by atoms with Gasteiger partial charge in [0.25, 0.3) is 0 Å². The molecule has 1 unspecified atom stereocenters. The van der Waals surface area contributed by atoms with Crippen LogP contribution in [0.2, 0.25) is 0 Å². The molecular formula is C10H21F3N2. The van der Waals surface area contributed by atoms with E-state index in [9.17, 15) is 13.2 Å². The Labute approximate surface area is 89.8 Å². The lowest BCUT2D eigenvalue weighted by Crippen LogP contribution is -2.37. The molecule has 0 spiro atoms. The average Bonchev–Trinajstić information content (AvgIpc) is 2.09. The first kappa shape index (κ1) is 14.7. The predicted molar refractivity (Wildman–Crippen MR) is 55.9 cm³/mol. The van der Waals surface area contributed by atoms with Crippen molar-refractivity contribution in [2.24, 2.45) is 0 Å². The summed E-state index contributed by atoms with van der Waals surface area (Å²) >= 11 is 0. The van der Waals surface area contributed by atoms with E-state index < -0.39 is 18.6 Å². The van der Waals surface area contributed by atoms with Gasteiger partial charge in [0.2, 0.25) is 0 Å². The van der Waals surface area contributed by atoms with Crippen molar-refractivity contribution in [3.63, 3.8) is 0 Å². The van der Waals surface area contributed by atoms with Crippen LogP contribution in [-0.4, -0.2) is 43.3 Å². The van der Waals surface area contributed by atoms with E-state index in [1.807, 2.05) is 13.8 Å². The quantitative estimate of drug-likeness (QED) is 0.716. The minimum absolute atomic E-state index is 0.499. The molecule has 0 saturated carbocycles. The van der Waals surface area contributed by atoms with Crippen molar-refractivity contribution >= 4 is 0 Å². The van der Waals surface area contributed by atoms with Crippen molar-refractivity contribution in [3.05, 3.63) is 0 Å². The van der Waals surface area contributed by atoms with Crippen molar-refractivity contribution in [1.29, 1.82) is 0 Å². The van der Waals surface area contributed by atoms with Crippen LogP contribution < -0.4 is 5.32 Å². The number of nitrogens with one attached hydrogen (secondary N) is 1. The first-order valence-electron chi connectivity index (χ1n) is 5.41. The first-order valence-corrected chi connectivity index (χ1v) is 5.41. The summed E-state index contributed by atoms with van der Waals surface area (Å²) in [6.07, 6.45) is -4.83. The monoisotopic (exact) mass is 226 g/mol. The Kier molecular flexibility index (Phi) is 6.92. The predicted octanol–water partition coefficient (Wildman–Crippen LogP) is 2.26. The zero-order valence-electron chi connectivity index (χ0n) is 9.69. The highest BCUT2D eigenvalue weighted by atomic mass is 19.4. The number of likely N-dealkylation sites (N-methyl/N-ethyl adjacent to an activating group) is 1. The summed E-state index contributed by atoms with van der Waals surface area (Å²) in [6, 6.07) is -0.499. The van der Waals surface area contributed by atoms with Gasteiger partial charge in [-0.05, 0) is 20.0 Å². The smallest absolute Gasteiger partial charge is 0.313 e. The summed E-state index contributed by atoms with van der Waals surface area (Å²) < 4.78 is 35.9. The van der Waals surface area contributed by atoms with E-state index in [4.69, 9.17) is 0 Å². The maximum atomic E-state index is 12.0. The van der Waals surface area contributed by atoms with Gasteiger partial charge in [-0.15, -0.1) is 0 Å². The van der Waals surface area contributed by atoms with Crippen LogP contribution in [0.5, 0.6) is 0 Å². The van der Waals surface area contributed by atoms with Crippen LogP contribution in [0.25, 0.3) is 0 Å². The highest BCUT2D eigenvalue weighted by Crippen LogP contribution is 2.21. The highest BCUT2D eigenvalue weighted by Gasteiger charge is 2.29. The molecule has 0 aromatic heterocycles. The molecule has 0 aromatic carbocycles. The Morgan fingerprint density at radius 3 is 2.13 bits per heavy atom. The molecule has 92 valence electrons. The van der Waals surface area contributed by atoms with E-state index in [0.29, 0.717) is 6.54 Å². The van der Waals surface area contributed by atoms with E-state index >= 15 is 0 Å². The lowest BCUT2D eigenvalue weighted by Gasteiger charge is -2.20. The van der Waals surface area contributed by atoms with Gasteiger partial charge in [-0.1, -0.05) is 13.8 Å². The topological polar surface area (TPSA) is 15.3 Å². The molecule has 1 N–H and O–H groups in total. The zero-order chi connectivity index (χ0) is 11.9. The van der Waals surface area contributed by atoms with Gasteiger partial charge >= 0.3 is 6.18 Å². The third kappa shape index (κ3) is 8.69. The molecule has 0 aliphatic rings.